The number of para-hydroxylation sites is 2. The summed E-state index contributed by atoms with van der Waals surface area (Å²) in [5.41, 5.74) is 0.393. The maximum Gasteiger partial charge on any atom is 0.257 e. The first-order valence-corrected chi connectivity index (χ1v) is 14.0. The van der Waals surface area contributed by atoms with Crippen LogP contribution in [0.25, 0.3) is 0 Å². The molecule has 2 saturated heterocycles. The lowest BCUT2D eigenvalue weighted by molar-refractivity contribution is 0.0564. The number of hydrogen-bond acceptors (Lipinski definition) is 4. The SMILES string of the molecule is O=C(NC1CCN(C2CCN(C(=O)c3ccccc3Oc3ccccc3)CC2)CC1)c1c(F)cc(Cl)cc1Cl. The first-order chi connectivity index (χ1) is 18.9. The second kappa shape index (κ2) is 12.4. The molecule has 3 aromatic rings. The Hall–Kier alpha value is -3.13. The monoisotopic (exact) mass is 569 g/mol. The van der Waals surface area contributed by atoms with E-state index in [4.69, 9.17) is 27.9 Å². The third kappa shape index (κ3) is 6.55. The van der Waals surface area contributed by atoms with Gasteiger partial charge < -0.3 is 19.9 Å². The van der Waals surface area contributed by atoms with Gasteiger partial charge in [-0.3, -0.25) is 9.59 Å². The first kappa shape index (κ1) is 27.4. The highest BCUT2D eigenvalue weighted by molar-refractivity contribution is 6.36. The highest BCUT2D eigenvalue weighted by Gasteiger charge is 2.31. The van der Waals surface area contributed by atoms with Gasteiger partial charge in [0.1, 0.15) is 17.3 Å². The number of carbonyl (C=O) groups is 2. The highest BCUT2D eigenvalue weighted by atomic mass is 35.5. The molecule has 5 rings (SSSR count). The van der Waals surface area contributed by atoms with Crippen molar-refractivity contribution >= 4 is 35.0 Å². The molecule has 39 heavy (non-hydrogen) atoms. The zero-order valence-electron chi connectivity index (χ0n) is 21.4. The van der Waals surface area contributed by atoms with E-state index in [0.29, 0.717) is 36.2 Å². The number of hydrogen-bond donors (Lipinski definition) is 1. The summed E-state index contributed by atoms with van der Waals surface area (Å²) in [6.07, 6.45) is 3.30. The fourth-order valence-corrected chi connectivity index (χ4v) is 5.93. The van der Waals surface area contributed by atoms with E-state index in [2.05, 4.69) is 10.2 Å². The molecule has 2 heterocycles. The summed E-state index contributed by atoms with van der Waals surface area (Å²) in [6.45, 7) is 3.00. The Labute approximate surface area is 237 Å². The van der Waals surface area contributed by atoms with E-state index in [1.165, 1.54) is 6.07 Å². The fourth-order valence-electron chi connectivity index (χ4n) is 5.38. The number of benzene rings is 3. The summed E-state index contributed by atoms with van der Waals surface area (Å²) in [5, 5.41) is 3.08. The van der Waals surface area contributed by atoms with Crippen molar-refractivity contribution in [1.29, 1.82) is 0 Å². The fraction of sp³-hybridized carbons (Fsp3) is 0.333. The molecular formula is C30H30Cl2FN3O3. The summed E-state index contributed by atoms with van der Waals surface area (Å²) in [4.78, 5) is 30.4. The lowest BCUT2D eigenvalue weighted by Gasteiger charge is -2.42. The van der Waals surface area contributed by atoms with Gasteiger partial charge in [0.25, 0.3) is 11.8 Å². The third-order valence-electron chi connectivity index (χ3n) is 7.46. The Kier molecular flexibility index (Phi) is 8.70. The van der Waals surface area contributed by atoms with Crippen LogP contribution in [0.2, 0.25) is 10.0 Å². The Morgan fingerprint density at radius 1 is 0.872 bits per heavy atom. The van der Waals surface area contributed by atoms with Crippen LogP contribution >= 0.6 is 23.2 Å². The molecule has 204 valence electrons. The van der Waals surface area contributed by atoms with Gasteiger partial charge in [-0.2, -0.15) is 0 Å². The molecule has 2 fully saturated rings. The number of amides is 2. The van der Waals surface area contributed by atoms with Crippen molar-refractivity contribution in [2.75, 3.05) is 26.2 Å². The molecule has 2 aliphatic heterocycles. The molecule has 0 spiro atoms. The van der Waals surface area contributed by atoms with Gasteiger partial charge in [-0.1, -0.05) is 53.5 Å². The summed E-state index contributed by atoms with van der Waals surface area (Å²) in [6, 6.07) is 19.6. The van der Waals surface area contributed by atoms with Crippen LogP contribution in [-0.4, -0.2) is 59.9 Å². The lowest BCUT2D eigenvalue weighted by atomic mass is 9.97. The molecular weight excluding hydrogens is 540 g/mol. The van der Waals surface area contributed by atoms with E-state index >= 15 is 0 Å². The van der Waals surface area contributed by atoms with Gasteiger partial charge in [0.05, 0.1) is 16.1 Å². The van der Waals surface area contributed by atoms with Gasteiger partial charge in [0.2, 0.25) is 0 Å². The molecule has 0 bridgehead atoms. The molecule has 0 atom stereocenters. The maximum absolute atomic E-state index is 14.3. The molecule has 0 aliphatic carbocycles. The van der Waals surface area contributed by atoms with Crippen molar-refractivity contribution in [2.24, 2.45) is 0 Å². The minimum atomic E-state index is -0.724. The van der Waals surface area contributed by atoms with Crippen LogP contribution in [-0.2, 0) is 0 Å². The van der Waals surface area contributed by atoms with Crippen molar-refractivity contribution < 1.29 is 18.7 Å². The largest absolute Gasteiger partial charge is 0.457 e. The Morgan fingerprint density at radius 3 is 2.23 bits per heavy atom. The predicted molar refractivity (Wildman–Crippen MR) is 150 cm³/mol. The van der Waals surface area contributed by atoms with Crippen molar-refractivity contribution in [2.45, 2.75) is 37.8 Å². The van der Waals surface area contributed by atoms with E-state index in [0.717, 1.165) is 44.8 Å². The maximum atomic E-state index is 14.3. The second-order valence-corrected chi connectivity index (χ2v) is 10.8. The smallest absolute Gasteiger partial charge is 0.257 e. The van der Waals surface area contributed by atoms with Gasteiger partial charge in [0, 0.05) is 43.3 Å². The predicted octanol–water partition coefficient (Wildman–Crippen LogP) is 6.42. The molecule has 0 unspecified atom stereocenters. The molecule has 2 aliphatic rings. The van der Waals surface area contributed by atoms with E-state index < -0.39 is 11.7 Å². The van der Waals surface area contributed by atoms with Crippen molar-refractivity contribution in [1.82, 2.24) is 15.1 Å². The minimum absolute atomic E-state index is 0.00509. The molecule has 0 saturated carbocycles. The first-order valence-electron chi connectivity index (χ1n) is 13.2. The van der Waals surface area contributed by atoms with Crippen molar-refractivity contribution in [3.8, 4) is 11.5 Å². The molecule has 9 heteroatoms. The van der Waals surface area contributed by atoms with Crippen LogP contribution in [0.4, 0.5) is 4.39 Å². The van der Waals surface area contributed by atoms with Crippen molar-refractivity contribution in [3.05, 3.63) is 93.7 Å². The van der Waals surface area contributed by atoms with Crippen LogP contribution < -0.4 is 10.1 Å². The number of rotatable bonds is 6. The summed E-state index contributed by atoms with van der Waals surface area (Å²) in [5.74, 6) is -0.0133. The van der Waals surface area contributed by atoms with Crippen LogP contribution in [0.15, 0.2) is 66.7 Å². The molecule has 3 aromatic carbocycles. The van der Waals surface area contributed by atoms with Gasteiger partial charge in [-0.25, -0.2) is 4.39 Å². The highest BCUT2D eigenvalue weighted by Crippen LogP contribution is 2.29. The molecule has 6 nitrogen and oxygen atoms in total. The summed E-state index contributed by atoms with van der Waals surface area (Å²) >= 11 is 11.9. The van der Waals surface area contributed by atoms with Crippen molar-refractivity contribution in [3.63, 3.8) is 0 Å². The molecule has 1 N–H and O–H groups in total. The Balaban J connectivity index is 1.12. The third-order valence-corrected chi connectivity index (χ3v) is 7.97. The van der Waals surface area contributed by atoms with E-state index in [1.807, 2.05) is 59.5 Å². The van der Waals surface area contributed by atoms with Gasteiger partial charge in [-0.05, 0) is 62.1 Å². The summed E-state index contributed by atoms with van der Waals surface area (Å²) < 4.78 is 20.3. The minimum Gasteiger partial charge on any atom is -0.457 e. The average molecular weight is 570 g/mol. The number of ether oxygens (including phenoxy) is 1. The number of nitrogens with one attached hydrogen (secondary N) is 1. The normalized spacial score (nSPS) is 17.2. The van der Waals surface area contributed by atoms with Gasteiger partial charge >= 0.3 is 0 Å². The number of likely N-dealkylation sites (tertiary alicyclic amines) is 2. The summed E-state index contributed by atoms with van der Waals surface area (Å²) in [7, 11) is 0. The number of carbonyl (C=O) groups excluding carboxylic acids is 2. The van der Waals surface area contributed by atoms with Crippen LogP contribution in [0.5, 0.6) is 11.5 Å². The molecule has 0 radical (unpaired) electrons. The zero-order chi connectivity index (χ0) is 27.4. The Morgan fingerprint density at radius 2 is 1.54 bits per heavy atom. The van der Waals surface area contributed by atoms with Gasteiger partial charge in [-0.15, -0.1) is 0 Å². The topological polar surface area (TPSA) is 61.9 Å². The van der Waals surface area contributed by atoms with Crippen LogP contribution in [0.1, 0.15) is 46.4 Å². The lowest BCUT2D eigenvalue weighted by Crippen LogP contribution is -2.51. The van der Waals surface area contributed by atoms with Gasteiger partial charge in [0.15, 0.2) is 0 Å². The quantitative estimate of drug-likeness (QED) is 0.372. The second-order valence-electron chi connectivity index (χ2n) is 9.96. The van der Waals surface area contributed by atoms with Crippen LogP contribution in [0.3, 0.4) is 0 Å². The number of nitrogens with zero attached hydrogens (tertiary/aromatic N) is 2. The van der Waals surface area contributed by atoms with E-state index in [1.54, 1.807) is 0 Å². The standard InChI is InChI=1S/C30H30Cl2FN3O3/c31-20-18-25(32)28(26(33)19-20)29(37)34-21-10-14-35(15-11-21)22-12-16-36(17-13-22)30(38)24-8-4-5-9-27(24)39-23-6-2-1-3-7-23/h1-9,18-19,21-22H,10-17H2,(H,34,37). The number of piperidine rings is 2. The number of halogens is 3. The average Bonchev–Trinajstić information content (AvgIpc) is 2.93. The van der Waals surface area contributed by atoms with E-state index in [-0.39, 0.29) is 27.6 Å². The van der Waals surface area contributed by atoms with E-state index in [9.17, 15) is 14.0 Å². The van der Waals surface area contributed by atoms with Crippen LogP contribution in [0, 0.1) is 5.82 Å². The zero-order valence-corrected chi connectivity index (χ0v) is 22.9. The Bertz CT molecular complexity index is 1300. The molecule has 2 amide bonds. The molecule has 0 aromatic heterocycles.